The molecule has 1 aromatic carbocycles. The molecule has 0 radical (unpaired) electrons. The normalized spacial score (nSPS) is 15.6. The minimum absolute atomic E-state index is 0.115. The molecule has 1 aromatic heterocycles. The van der Waals surface area contributed by atoms with Gasteiger partial charge >= 0.3 is 0 Å². The second kappa shape index (κ2) is 9.41. The standard InChI is InChI=1S/C22H31N5O4S/c1-22(2,3)25-32(30,31)19-7-5-17(6-8-19)21(29)27-11-9-16(10-12-27)13-23-20(28)18-14-24-26(4)15-18/h5-8,14-16,25H,9-13H2,1-4H3,(H,23,28). The summed E-state index contributed by atoms with van der Waals surface area (Å²) in [6, 6.07) is 6.03. The molecule has 0 spiro atoms. The Balaban J connectivity index is 1.51. The highest BCUT2D eigenvalue weighted by Crippen LogP contribution is 2.20. The van der Waals surface area contributed by atoms with E-state index in [0.29, 0.717) is 36.7 Å². The largest absolute Gasteiger partial charge is 0.352 e. The highest BCUT2D eigenvalue weighted by Gasteiger charge is 2.26. The second-order valence-corrected chi connectivity index (χ2v) is 10.9. The van der Waals surface area contributed by atoms with Crippen LogP contribution in [0.2, 0.25) is 0 Å². The fourth-order valence-electron chi connectivity index (χ4n) is 3.64. The molecular weight excluding hydrogens is 430 g/mol. The molecule has 174 valence electrons. The molecule has 1 saturated heterocycles. The summed E-state index contributed by atoms with van der Waals surface area (Å²) < 4.78 is 29.0. The lowest BCUT2D eigenvalue weighted by molar-refractivity contribution is 0.0684. The molecule has 2 heterocycles. The number of rotatable bonds is 6. The van der Waals surface area contributed by atoms with Crippen molar-refractivity contribution >= 4 is 21.8 Å². The van der Waals surface area contributed by atoms with Crippen LogP contribution >= 0.6 is 0 Å². The fraction of sp³-hybridized carbons (Fsp3) is 0.500. The number of aromatic nitrogens is 2. The Kier molecular flexibility index (Phi) is 7.04. The van der Waals surface area contributed by atoms with Crippen molar-refractivity contribution in [1.82, 2.24) is 24.7 Å². The van der Waals surface area contributed by atoms with Crippen LogP contribution in [-0.2, 0) is 17.1 Å². The molecule has 3 rings (SSSR count). The summed E-state index contributed by atoms with van der Waals surface area (Å²) in [6.07, 6.45) is 4.79. The Bertz CT molecular complexity index is 1060. The Labute approximate surface area is 189 Å². The molecule has 0 saturated carbocycles. The molecule has 1 fully saturated rings. The van der Waals surface area contributed by atoms with Gasteiger partial charge in [-0.25, -0.2) is 13.1 Å². The van der Waals surface area contributed by atoms with Gasteiger partial charge in [-0.15, -0.1) is 0 Å². The first-order chi connectivity index (χ1) is 14.9. The van der Waals surface area contributed by atoms with Crippen molar-refractivity contribution < 1.29 is 18.0 Å². The lowest BCUT2D eigenvalue weighted by Crippen LogP contribution is -2.41. The molecule has 0 bridgehead atoms. The van der Waals surface area contributed by atoms with Gasteiger partial charge in [0.25, 0.3) is 11.8 Å². The van der Waals surface area contributed by atoms with Crippen molar-refractivity contribution in [2.45, 2.75) is 44.0 Å². The summed E-state index contributed by atoms with van der Waals surface area (Å²) >= 11 is 0. The molecular formula is C22H31N5O4S. The quantitative estimate of drug-likeness (QED) is 0.681. The van der Waals surface area contributed by atoms with Crippen LogP contribution in [0.25, 0.3) is 0 Å². The lowest BCUT2D eigenvalue weighted by atomic mass is 9.96. The summed E-state index contributed by atoms with van der Waals surface area (Å²) in [5.74, 6) is 0.0406. The monoisotopic (exact) mass is 461 g/mol. The number of aryl methyl sites for hydroxylation is 1. The average Bonchev–Trinajstić information content (AvgIpc) is 3.17. The maximum absolute atomic E-state index is 12.8. The van der Waals surface area contributed by atoms with Crippen LogP contribution in [0, 0.1) is 5.92 Å². The van der Waals surface area contributed by atoms with Gasteiger partial charge in [-0.2, -0.15) is 5.10 Å². The van der Waals surface area contributed by atoms with Crippen molar-refractivity contribution in [3.8, 4) is 0 Å². The highest BCUT2D eigenvalue weighted by molar-refractivity contribution is 7.89. The summed E-state index contributed by atoms with van der Waals surface area (Å²) in [4.78, 5) is 26.9. The lowest BCUT2D eigenvalue weighted by Gasteiger charge is -2.32. The first-order valence-electron chi connectivity index (χ1n) is 10.6. The van der Waals surface area contributed by atoms with Crippen LogP contribution in [0.4, 0.5) is 0 Å². The number of carbonyl (C=O) groups is 2. The number of amides is 2. The zero-order chi connectivity index (χ0) is 23.5. The van der Waals surface area contributed by atoms with Crippen LogP contribution < -0.4 is 10.0 Å². The van der Waals surface area contributed by atoms with Crippen molar-refractivity contribution in [2.24, 2.45) is 13.0 Å². The number of carbonyl (C=O) groups excluding carboxylic acids is 2. The third kappa shape index (κ3) is 6.17. The zero-order valence-electron chi connectivity index (χ0n) is 19.0. The van der Waals surface area contributed by atoms with Gasteiger partial charge in [-0.1, -0.05) is 0 Å². The van der Waals surface area contributed by atoms with Gasteiger partial charge in [0.2, 0.25) is 10.0 Å². The summed E-state index contributed by atoms with van der Waals surface area (Å²) in [6.45, 7) is 7.07. The van der Waals surface area contributed by atoms with Crippen LogP contribution in [0.15, 0.2) is 41.6 Å². The van der Waals surface area contributed by atoms with E-state index in [1.54, 1.807) is 55.7 Å². The topological polar surface area (TPSA) is 113 Å². The molecule has 1 aliphatic rings. The molecule has 1 aliphatic heterocycles. The van der Waals surface area contributed by atoms with Crippen LogP contribution in [0.3, 0.4) is 0 Å². The van der Waals surface area contributed by atoms with E-state index in [2.05, 4.69) is 15.1 Å². The molecule has 0 aliphatic carbocycles. The first kappa shape index (κ1) is 23.9. The van der Waals surface area contributed by atoms with Crippen LogP contribution in [-0.4, -0.2) is 60.1 Å². The number of nitrogens with zero attached hydrogens (tertiary/aromatic N) is 3. The smallest absolute Gasteiger partial charge is 0.254 e. The molecule has 2 amide bonds. The average molecular weight is 462 g/mol. The van der Waals surface area contributed by atoms with Crippen molar-refractivity contribution in [3.63, 3.8) is 0 Å². The SMILES string of the molecule is Cn1cc(C(=O)NCC2CCN(C(=O)c3ccc(S(=O)(=O)NC(C)(C)C)cc3)CC2)cn1. The maximum atomic E-state index is 12.8. The van der Waals surface area contributed by atoms with Gasteiger partial charge in [-0.05, 0) is 63.8 Å². The molecule has 2 aromatic rings. The van der Waals surface area contributed by atoms with Gasteiger partial charge in [0.1, 0.15) is 0 Å². The Hall–Kier alpha value is -2.72. The predicted octanol–water partition coefficient (Wildman–Crippen LogP) is 1.78. The minimum Gasteiger partial charge on any atom is -0.352 e. The van der Waals surface area contributed by atoms with Gasteiger partial charge < -0.3 is 10.2 Å². The van der Waals surface area contributed by atoms with Crippen molar-refractivity contribution in [1.29, 1.82) is 0 Å². The molecule has 32 heavy (non-hydrogen) atoms. The van der Waals surface area contributed by atoms with Gasteiger partial charge in [0.15, 0.2) is 0 Å². The molecule has 2 N–H and O–H groups in total. The molecule has 9 nitrogen and oxygen atoms in total. The van der Waals surface area contributed by atoms with Gasteiger partial charge in [0.05, 0.1) is 16.7 Å². The second-order valence-electron chi connectivity index (χ2n) is 9.23. The third-order valence-corrected chi connectivity index (χ3v) is 7.05. The number of hydrogen-bond acceptors (Lipinski definition) is 5. The van der Waals surface area contributed by atoms with E-state index in [9.17, 15) is 18.0 Å². The minimum atomic E-state index is -3.64. The number of benzene rings is 1. The summed E-state index contributed by atoms with van der Waals surface area (Å²) in [7, 11) is -1.88. The third-order valence-electron chi connectivity index (χ3n) is 5.27. The summed E-state index contributed by atoms with van der Waals surface area (Å²) in [5, 5.41) is 6.94. The van der Waals surface area contributed by atoms with E-state index in [4.69, 9.17) is 0 Å². The Morgan fingerprint density at radius 3 is 2.25 bits per heavy atom. The van der Waals surface area contributed by atoms with E-state index in [1.807, 2.05) is 0 Å². The number of sulfonamides is 1. The summed E-state index contributed by atoms with van der Waals surface area (Å²) in [5.41, 5.74) is 0.404. The van der Waals surface area contributed by atoms with Crippen LogP contribution in [0.1, 0.15) is 54.3 Å². The van der Waals surface area contributed by atoms with E-state index in [1.165, 1.54) is 18.3 Å². The van der Waals surface area contributed by atoms with E-state index < -0.39 is 15.6 Å². The number of likely N-dealkylation sites (tertiary alicyclic amines) is 1. The Morgan fingerprint density at radius 2 is 1.72 bits per heavy atom. The number of hydrogen-bond donors (Lipinski definition) is 2. The zero-order valence-corrected chi connectivity index (χ0v) is 19.8. The van der Waals surface area contributed by atoms with E-state index in [0.717, 1.165) is 12.8 Å². The first-order valence-corrected chi connectivity index (χ1v) is 12.1. The van der Waals surface area contributed by atoms with E-state index >= 15 is 0 Å². The number of nitrogens with one attached hydrogen (secondary N) is 2. The molecule has 0 unspecified atom stereocenters. The maximum Gasteiger partial charge on any atom is 0.254 e. The van der Waals surface area contributed by atoms with Crippen molar-refractivity contribution in [3.05, 3.63) is 47.8 Å². The molecule has 10 heteroatoms. The molecule has 0 atom stereocenters. The van der Waals surface area contributed by atoms with Crippen molar-refractivity contribution in [2.75, 3.05) is 19.6 Å². The highest BCUT2D eigenvalue weighted by atomic mass is 32.2. The van der Waals surface area contributed by atoms with Gasteiger partial charge in [-0.3, -0.25) is 14.3 Å². The number of piperidine rings is 1. The van der Waals surface area contributed by atoms with Crippen LogP contribution in [0.5, 0.6) is 0 Å². The Morgan fingerprint density at radius 1 is 1.09 bits per heavy atom. The predicted molar refractivity (Wildman–Crippen MR) is 121 cm³/mol. The van der Waals surface area contributed by atoms with Gasteiger partial charge in [0, 0.05) is 44.0 Å². The van der Waals surface area contributed by atoms with E-state index in [-0.39, 0.29) is 16.7 Å². The fourth-order valence-corrected chi connectivity index (χ4v) is 5.06.